The molecule has 0 bridgehead atoms. The molecule has 0 spiro atoms. The maximum absolute atomic E-state index is 11.3. The molecular weight excluding hydrogens is 246 g/mol. The van der Waals surface area contributed by atoms with E-state index >= 15 is 0 Å². The van der Waals surface area contributed by atoms with Crippen LogP contribution in [0.5, 0.6) is 0 Å². The summed E-state index contributed by atoms with van der Waals surface area (Å²) in [4.78, 5) is 0.854. The highest BCUT2D eigenvalue weighted by Gasteiger charge is 2.20. The Morgan fingerprint density at radius 1 is 1.33 bits per heavy atom. The largest absolute Gasteiger partial charge is 0.396 e. The van der Waals surface area contributed by atoms with E-state index in [0.717, 1.165) is 24.3 Å². The quantitative estimate of drug-likeness (QED) is 0.796. The number of nitrogens with one attached hydrogen (secondary N) is 1. The van der Waals surface area contributed by atoms with Crippen molar-refractivity contribution in [3.05, 3.63) is 29.8 Å². The molecule has 1 rings (SSSR count). The van der Waals surface area contributed by atoms with Gasteiger partial charge in [-0.3, -0.25) is 4.21 Å². The first-order chi connectivity index (χ1) is 8.50. The first-order valence-electron chi connectivity index (χ1n) is 6.29. The van der Waals surface area contributed by atoms with Gasteiger partial charge in [0, 0.05) is 40.6 Å². The Hall–Kier alpha value is -0.710. The van der Waals surface area contributed by atoms with Crippen LogP contribution in [0.15, 0.2) is 29.2 Å². The second kappa shape index (κ2) is 7.02. The van der Waals surface area contributed by atoms with Crippen molar-refractivity contribution in [3.63, 3.8) is 0 Å². The topological polar surface area (TPSA) is 49.3 Å². The third kappa shape index (κ3) is 4.52. The van der Waals surface area contributed by atoms with E-state index in [9.17, 15) is 4.21 Å². The predicted molar refractivity (Wildman–Crippen MR) is 76.0 cm³/mol. The third-order valence-corrected chi connectivity index (χ3v) is 4.35. The van der Waals surface area contributed by atoms with Crippen molar-refractivity contribution in [2.45, 2.75) is 43.7 Å². The molecule has 0 radical (unpaired) electrons. The van der Waals surface area contributed by atoms with Crippen molar-refractivity contribution in [2.75, 3.05) is 12.9 Å². The van der Waals surface area contributed by atoms with Crippen LogP contribution in [0.25, 0.3) is 0 Å². The van der Waals surface area contributed by atoms with E-state index in [2.05, 4.69) is 19.2 Å². The average molecular weight is 269 g/mol. The van der Waals surface area contributed by atoms with Crippen molar-refractivity contribution in [1.29, 1.82) is 0 Å². The zero-order valence-electron chi connectivity index (χ0n) is 11.4. The van der Waals surface area contributed by atoms with Gasteiger partial charge in [0.25, 0.3) is 0 Å². The van der Waals surface area contributed by atoms with Gasteiger partial charge in [-0.2, -0.15) is 0 Å². The van der Waals surface area contributed by atoms with Crippen LogP contribution < -0.4 is 5.32 Å². The van der Waals surface area contributed by atoms with Crippen molar-refractivity contribution < 1.29 is 9.32 Å². The summed E-state index contributed by atoms with van der Waals surface area (Å²) in [7, 11) is -0.916. The number of hydrogen-bond donors (Lipinski definition) is 2. The number of aliphatic hydroxyl groups is 1. The lowest BCUT2D eigenvalue weighted by atomic mass is 9.94. The lowest BCUT2D eigenvalue weighted by molar-refractivity contribution is 0.214. The normalized spacial score (nSPS) is 16.2. The average Bonchev–Trinajstić information content (AvgIpc) is 2.37. The van der Waals surface area contributed by atoms with Gasteiger partial charge in [-0.1, -0.05) is 19.1 Å². The van der Waals surface area contributed by atoms with E-state index in [1.165, 1.54) is 5.56 Å². The Bertz CT molecular complexity index is 391. The Kier molecular flexibility index (Phi) is 5.99. The zero-order valence-corrected chi connectivity index (χ0v) is 12.2. The molecule has 0 amide bonds. The van der Waals surface area contributed by atoms with Gasteiger partial charge in [0.2, 0.25) is 0 Å². The van der Waals surface area contributed by atoms with E-state index in [-0.39, 0.29) is 12.1 Å². The van der Waals surface area contributed by atoms with Gasteiger partial charge in [-0.15, -0.1) is 0 Å². The van der Waals surface area contributed by atoms with Crippen LogP contribution in [0, 0.1) is 0 Å². The maximum atomic E-state index is 11.3. The minimum atomic E-state index is -0.916. The van der Waals surface area contributed by atoms with Gasteiger partial charge in [0.15, 0.2) is 0 Å². The van der Waals surface area contributed by atoms with Gasteiger partial charge < -0.3 is 10.4 Å². The Labute approximate surface area is 112 Å². The molecule has 0 heterocycles. The molecule has 1 aromatic carbocycles. The van der Waals surface area contributed by atoms with E-state index in [1.54, 1.807) is 6.26 Å². The summed E-state index contributed by atoms with van der Waals surface area (Å²) in [6.07, 6.45) is 3.41. The summed E-state index contributed by atoms with van der Waals surface area (Å²) in [5, 5.41) is 12.5. The molecular formula is C14H23NO2S. The standard InChI is InChI=1S/C14H23NO2S/c1-4-14(2,9-10-16)15-11-12-5-7-13(8-6-12)18(3)17/h5-8,15-16H,4,9-11H2,1-3H3. The molecule has 2 atom stereocenters. The molecule has 0 aromatic heterocycles. The second-order valence-corrected chi connectivity index (χ2v) is 6.22. The summed E-state index contributed by atoms with van der Waals surface area (Å²) >= 11 is 0. The highest BCUT2D eigenvalue weighted by Crippen LogP contribution is 2.15. The molecule has 0 saturated carbocycles. The molecule has 0 aliphatic carbocycles. The molecule has 2 unspecified atom stereocenters. The number of hydrogen-bond acceptors (Lipinski definition) is 3. The molecule has 0 saturated heterocycles. The number of rotatable bonds is 7. The van der Waals surface area contributed by atoms with Crippen molar-refractivity contribution in [1.82, 2.24) is 5.32 Å². The van der Waals surface area contributed by atoms with Crippen LogP contribution in [-0.4, -0.2) is 27.7 Å². The predicted octanol–water partition coefficient (Wildman–Crippen LogP) is 2.06. The van der Waals surface area contributed by atoms with E-state index in [0.29, 0.717) is 0 Å². The van der Waals surface area contributed by atoms with E-state index in [4.69, 9.17) is 5.11 Å². The van der Waals surface area contributed by atoms with E-state index in [1.807, 2.05) is 24.3 Å². The van der Waals surface area contributed by atoms with Crippen LogP contribution in [0.4, 0.5) is 0 Å². The minimum Gasteiger partial charge on any atom is -0.396 e. The van der Waals surface area contributed by atoms with Crippen LogP contribution in [0.3, 0.4) is 0 Å². The molecule has 2 N–H and O–H groups in total. The summed E-state index contributed by atoms with van der Waals surface area (Å²) in [6.45, 7) is 5.21. The van der Waals surface area contributed by atoms with Gasteiger partial charge in [0.1, 0.15) is 0 Å². The Morgan fingerprint density at radius 3 is 2.39 bits per heavy atom. The molecule has 102 valence electrons. The highest BCUT2D eigenvalue weighted by atomic mass is 32.2. The van der Waals surface area contributed by atoms with Crippen molar-refractivity contribution in [2.24, 2.45) is 0 Å². The number of benzene rings is 1. The summed E-state index contributed by atoms with van der Waals surface area (Å²) in [6, 6.07) is 7.81. The first kappa shape index (κ1) is 15.3. The monoisotopic (exact) mass is 269 g/mol. The van der Waals surface area contributed by atoms with Gasteiger partial charge in [0.05, 0.1) is 0 Å². The van der Waals surface area contributed by atoms with Gasteiger partial charge in [-0.05, 0) is 37.5 Å². The SMILES string of the molecule is CCC(C)(CCO)NCc1ccc(S(C)=O)cc1. The second-order valence-electron chi connectivity index (χ2n) is 4.84. The molecule has 18 heavy (non-hydrogen) atoms. The van der Waals surface area contributed by atoms with E-state index < -0.39 is 10.8 Å². The molecule has 0 aliphatic rings. The first-order valence-corrected chi connectivity index (χ1v) is 7.85. The molecule has 3 nitrogen and oxygen atoms in total. The summed E-state index contributed by atoms with van der Waals surface area (Å²) < 4.78 is 11.3. The van der Waals surface area contributed by atoms with Crippen LogP contribution in [-0.2, 0) is 17.3 Å². The lowest BCUT2D eigenvalue weighted by Gasteiger charge is -2.29. The minimum absolute atomic E-state index is 0.0268. The van der Waals surface area contributed by atoms with Gasteiger partial charge >= 0.3 is 0 Å². The van der Waals surface area contributed by atoms with Crippen molar-refractivity contribution in [3.8, 4) is 0 Å². The lowest BCUT2D eigenvalue weighted by Crippen LogP contribution is -2.42. The fourth-order valence-electron chi connectivity index (χ4n) is 1.75. The van der Waals surface area contributed by atoms with Gasteiger partial charge in [-0.25, -0.2) is 0 Å². The summed E-state index contributed by atoms with van der Waals surface area (Å²) in [5.41, 5.74) is 1.14. The molecule has 1 aromatic rings. The highest BCUT2D eigenvalue weighted by molar-refractivity contribution is 7.84. The zero-order chi connectivity index (χ0) is 13.6. The molecule has 0 fully saturated rings. The van der Waals surface area contributed by atoms with Crippen LogP contribution in [0.1, 0.15) is 32.3 Å². The fraction of sp³-hybridized carbons (Fsp3) is 0.571. The smallest absolute Gasteiger partial charge is 0.0498 e. The Morgan fingerprint density at radius 2 is 1.94 bits per heavy atom. The number of aliphatic hydroxyl groups excluding tert-OH is 1. The van der Waals surface area contributed by atoms with Crippen molar-refractivity contribution >= 4 is 10.8 Å². The molecule has 4 heteroatoms. The molecule has 0 aliphatic heterocycles. The Balaban J connectivity index is 2.60. The third-order valence-electron chi connectivity index (χ3n) is 3.42. The van der Waals surface area contributed by atoms with Crippen LogP contribution >= 0.6 is 0 Å². The van der Waals surface area contributed by atoms with Crippen LogP contribution in [0.2, 0.25) is 0 Å². The summed E-state index contributed by atoms with van der Waals surface area (Å²) in [5.74, 6) is 0. The fourth-order valence-corrected chi connectivity index (χ4v) is 2.27. The maximum Gasteiger partial charge on any atom is 0.0498 e.